The van der Waals surface area contributed by atoms with Gasteiger partial charge in [0, 0.05) is 38.6 Å². The van der Waals surface area contributed by atoms with Crippen LogP contribution in [0.25, 0.3) is 0 Å². The van der Waals surface area contributed by atoms with Gasteiger partial charge in [0.05, 0.1) is 0 Å². The van der Waals surface area contributed by atoms with E-state index in [0.717, 1.165) is 37.2 Å². The fourth-order valence-corrected chi connectivity index (χ4v) is 3.76. The second kappa shape index (κ2) is 5.76. The predicted molar refractivity (Wildman–Crippen MR) is 84.3 cm³/mol. The van der Waals surface area contributed by atoms with E-state index < -0.39 is 0 Å². The number of carbonyl (C=O) groups excluding carboxylic acids is 2. The maximum Gasteiger partial charge on any atom is 0.317 e. The number of nitrogens with zero attached hydrogens (tertiary/aromatic N) is 2. The van der Waals surface area contributed by atoms with E-state index in [-0.39, 0.29) is 24.1 Å². The van der Waals surface area contributed by atoms with E-state index in [1.807, 2.05) is 34.1 Å². The molecule has 2 fully saturated rings. The fraction of sp³-hybridized carbons (Fsp3) is 0.529. The molecule has 23 heavy (non-hydrogen) atoms. The van der Waals surface area contributed by atoms with Gasteiger partial charge in [-0.25, -0.2) is 4.79 Å². The molecule has 3 aliphatic heterocycles. The third-order valence-electron chi connectivity index (χ3n) is 5.03. The first-order valence-corrected chi connectivity index (χ1v) is 8.30. The van der Waals surface area contributed by atoms with Crippen molar-refractivity contribution in [2.45, 2.75) is 31.4 Å². The highest BCUT2D eigenvalue weighted by Crippen LogP contribution is 2.29. The molecule has 3 amide bonds. The summed E-state index contributed by atoms with van der Waals surface area (Å²) in [4.78, 5) is 28.2. The van der Waals surface area contributed by atoms with Crippen molar-refractivity contribution in [3.05, 3.63) is 29.8 Å². The van der Waals surface area contributed by atoms with Gasteiger partial charge in [0.25, 0.3) is 5.91 Å². The van der Waals surface area contributed by atoms with Crippen molar-refractivity contribution in [1.29, 1.82) is 0 Å². The minimum absolute atomic E-state index is 0.0318. The summed E-state index contributed by atoms with van der Waals surface area (Å²) in [6, 6.07) is 8.12. The van der Waals surface area contributed by atoms with Crippen LogP contribution in [-0.4, -0.2) is 60.1 Å². The number of fused-ring (bicyclic) bond motifs is 1. The quantitative estimate of drug-likeness (QED) is 0.886. The number of amides is 3. The Bertz CT molecular complexity index is 600. The topological polar surface area (TPSA) is 61.9 Å². The van der Waals surface area contributed by atoms with Gasteiger partial charge in [-0.2, -0.15) is 0 Å². The summed E-state index contributed by atoms with van der Waals surface area (Å²) < 4.78 is 5.80. The summed E-state index contributed by atoms with van der Waals surface area (Å²) >= 11 is 0. The maximum absolute atomic E-state index is 12.7. The molecule has 0 aromatic heterocycles. The number of likely N-dealkylation sites (tertiary alicyclic amines) is 1. The minimum Gasteiger partial charge on any atom is -0.480 e. The van der Waals surface area contributed by atoms with E-state index in [9.17, 15) is 9.59 Å². The van der Waals surface area contributed by atoms with Crippen molar-refractivity contribution in [1.82, 2.24) is 15.1 Å². The molecule has 1 atom stereocenters. The molecule has 6 heteroatoms. The SMILES string of the molecule is O=C([C@@H]1Cc2ccccc2O1)N1CCC(N2CCNC2=O)CC1. The maximum atomic E-state index is 12.7. The number of rotatable bonds is 2. The number of ether oxygens (including phenoxy) is 1. The number of piperidine rings is 1. The highest BCUT2D eigenvalue weighted by Gasteiger charge is 2.36. The summed E-state index contributed by atoms with van der Waals surface area (Å²) in [6.45, 7) is 2.90. The molecule has 2 saturated heterocycles. The third kappa shape index (κ3) is 2.62. The van der Waals surface area contributed by atoms with Crippen LogP contribution in [0.3, 0.4) is 0 Å². The first kappa shape index (κ1) is 14.4. The van der Waals surface area contributed by atoms with Gasteiger partial charge in [-0.15, -0.1) is 0 Å². The Balaban J connectivity index is 1.34. The van der Waals surface area contributed by atoms with E-state index in [1.165, 1.54) is 0 Å². The normalized spacial score (nSPS) is 24.3. The van der Waals surface area contributed by atoms with Crippen molar-refractivity contribution in [3.63, 3.8) is 0 Å². The summed E-state index contributed by atoms with van der Waals surface area (Å²) in [6.07, 6.45) is 1.96. The van der Waals surface area contributed by atoms with Crippen LogP contribution in [0.4, 0.5) is 4.79 Å². The van der Waals surface area contributed by atoms with Crippen LogP contribution in [0.1, 0.15) is 18.4 Å². The Morgan fingerprint density at radius 1 is 1.17 bits per heavy atom. The molecule has 1 N–H and O–H groups in total. The third-order valence-corrected chi connectivity index (χ3v) is 5.03. The van der Waals surface area contributed by atoms with Crippen molar-refractivity contribution in [2.24, 2.45) is 0 Å². The lowest BCUT2D eigenvalue weighted by atomic mass is 10.0. The average molecular weight is 315 g/mol. The second-order valence-corrected chi connectivity index (χ2v) is 6.40. The van der Waals surface area contributed by atoms with Crippen molar-refractivity contribution >= 4 is 11.9 Å². The Labute approximate surface area is 135 Å². The molecule has 122 valence electrons. The van der Waals surface area contributed by atoms with Crippen LogP contribution in [-0.2, 0) is 11.2 Å². The summed E-state index contributed by atoms with van der Waals surface area (Å²) in [5.74, 6) is 0.903. The molecule has 6 nitrogen and oxygen atoms in total. The molecular formula is C17H21N3O3. The Morgan fingerprint density at radius 3 is 2.65 bits per heavy atom. The fourth-order valence-electron chi connectivity index (χ4n) is 3.76. The standard InChI is InChI=1S/C17H21N3O3/c21-16(15-11-12-3-1-2-4-14(12)23-15)19-8-5-13(6-9-19)20-10-7-18-17(20)22/h1-4,13,15H,5-11H2,(H,18,22)/t15-/m0/s1. The lowest BCUT2D eigenvalue weighted by molar-refractivity contribution is -0.139. The van der Waals surface area contributed by atoms with E-state index in [2.05, 4.69) is 5.32 Å². The summed E-state index contributed by atoms with van der Waals surface area (Å²) in [7, 11) is 0. The summed E-state index contributed by atoms with van der Waals surface area (Å²) in [5, 5.41) is 2.84. The number of benzene rings is 1. The first-order chi connectivity index (χ1) is 11.2. The number of urea groups is 1. The summed E-state index contributed by atoms with van der Waals surface area (Å²) in [5.41, 5.74) is 1.11. The van der Waals surface area contributed by atoms with Crippen LogP contribution in [0.5, 0.6) is 5.75 Å². The van der Waals surface area contributed by atoms with Crippen molar-refractivity contribution in [2.75, 3.05) is 26.2 Å². The molecule has 4 rings (SSSR count). The Hall–Kier alpha value is -2.24. The van der Waals surface area contributed by atoms with E-state index in [1.54, 1.807) is 0 Å². The van der Waals surface area contributed by atoms with Crippen LogP contribution >= 0.6 is 0 Å². The number of hydrogen-bond acceptors (Lipinski definition) is 3. The molecular weight excluding hydrogens is 294 g/mol. The van der Waals surface area contributed by atoms with E-state index in [0.29, 0.717) is 19.5 Å². The lowest BCUT2D eigenvalue weighted by Crippen LogP contribution is -2.50. The highest BCUT2D eigenvalue weighted by molar-refractivity contribution is 5.83. The average Bonchev–Trinajstić information content (AvgIpc) is 3.20. The molecule has 0 unspecified atom stereocenters. The number of hydrogen-bond donors (Lipinski definition) is 1. The van der Waals surface area contributed by atoms with Crippen LogP contribution in [0.15, 0.2) is 24.3 Å². The molecule has 3 heterocycles. The number of nitrogens with one attached hydrogen (secondary N) is 1. The van der Waals surface area contributed by atoms with E-state index >= 15 is 0 Å². The van der Waals surface area contributed by atoms with Gasteiger partial charge in [-0.1, -0.05) is 18.2 Å². The van der Waals surface area contributed by atoms with Gasteiger partial charge in [0.1, 0.15) is 5.75 Å². The molecule has 0 saturated carbocycles. The van der Waals surface area contributed by atoms with Crippen molar-refractivity contribution in [3.8, 4) is 5.75 Å². The zero-order valence-corrected chi connectivity index (χ0v) is 13.0. The van der Waals surface area contributed by atoms with Gasteiger partial charge in [0.15, 0.2) is 6.10 Å². The van der Waals surface area contributed by atoms with Gasteiger partial charge < -0.3 is 19.9 Å². The monoisotopic (exact) mass is 315 g/mol. The molecule has 1 aromatic carbocycles. The van der Waals surface area contributed by atoms with E-state index in [4.69, 9.17) is 4.74 Å². The van der Waals surface area contributed by atoms with Gasteiger partial charge in [0.2, 0.25) is 0 Å². The molecule has 1 aromatic rings. The smallest absolute Gasteiger partial charge is 0.317 e. The molecule has 3 aliphatic rings. The van der Waals surface area contributed by atoms with Gasteiger partial charge in [-0.05, 0) is 24.5 Å². The molecule has 0 spiro atoms. The molecule has 0 aliphatic carbocycles. The van der Waals surface area contributed by atoms with Crippen LogP contribution in [0.2, 0.25) is 0 Å². The largest absolute Gasteiger partial charge is 0.480 e. The Morgan fingerprint density at radius 2 is 1.96 bits per heavy atom. The van der Waals surface area contributed by atoms with Gasteiger partial charge in [-0.3, -0.25) is 4.79 Å². The molecule has 0 bridgehead atoms. The van der Waals surface area contributed by atoms with Crippen LogP contribution in [0, 0.1) is 0 Å². The second-order valence-electron chi connectivity index (χ2n) is 6.40. The highest BCUT2D eigenvalue weighted by atomic mass is 16.5. The lowest BCUT2D eigenvalue weighted by Gasteiger charge is -2.36. The zero-order chi connectivity index (χ0) is 15.8. The zero-order valence-electron chi connectivity index (χ0n) is 13.0. The van der Waals surface area contributed by atoms with Crippen molar-refractivity contribution < 1.29 is 14.3 Å². The Kier molecular flexibility index (Phi) is 3.59. The van der Waals surface area contributed by atoms with Crippen LogP contribution < -0.4 is 10.1 Å². The minimum atomic E-state index is -0.390. The predicted octanol–water partition coefficient (Wildman–Crippen LogP) is 1.01. The number of carbonyl (C=O) groups is 2. The first-order valence-electron chi connectivity index (χ1n) is 8.30. The molecule has 0 radical (unpaired) electrons. The number of para-hydroxylation sites is 1. The van der Waals surface area contributed by atoms with Gasteiger partial charge >= 0.3 is 6.03 Å².